The van der Waals surface area contributed by atoms with Gasteiger partial charge in [0.25, 0.3) is 0 Å². The number of anilines is 1. The van der Waals surface area contributed by atoms with Gasteiger partial charge in [0, 0.05) is 6.61 Å². The molecule has 0 spiro atoms. The number of aromatic nitrogens is 2. The Kier molecular flexibility index (Phi) is 3.94. The molecule has 1 aromatic heterocycles. The normalized spacial score (nSPS) is 12.6. The lowest BCUT2D eigenvalue weighted by molar-refractivity contribution is 0.0643. The van der Waals surface area contributed by atoms with Crippen LogP contribution < -0.4 is 10.5 Å². The number of hydrogen-bond donors (Lipinski definition) is 1. The summed E-state index contributed by atoms with van der Waals surface area (Å²) in [7, 11) is 0. The number of nitrogens with zero attached hydrogens (tertiary/aromatic N) is 2. The molecule has 1 atom stereocenters. The molecule has 0 saturated heterocycles. The maximum Gasteiger partial charge on any atom is 0.226 e. The molecule has 1 aromatic carbocycles. The smallest absolute Gasteiger partial charge is 0.226 e. The van der Waals surface area contributed by atoms with E-state index >= 15 is 0 Å². The van der Waals surface area contributed by atoms with Crippen LogP contribution in [0, 0.1) is 0 Å². The van der Waals surface area contributed by atoms with Crippen molar-refractivity contribution >= 4 is 16.9 Å². The second-order valence-electron chi connectivity index (χ2n) is 3.99. The average Bonchev–Trinajstić information content (AvgIpc) is 2.36. The van der Waals surface area contributed by atoms with Crippen LogP contribution in [0.4, 0.5) is 5.95 Å². The van der Waals surface area contributed by atoms with E-state index in [-0.39, 0.29) is 12.1 Å². The minimum absolute atomic E-state index is 0.0809. The van der Waals surface area contributed by atoms with Crippen molar-refractivity contribution in [3.8, 4) is 5.88 Å². The number of rotatable bonds is 5. The van der Waals surface area contributed by atoms with Gasteiger partial charge in [0.2, 0.25) is 11.8 Å². The Morgan fingerprint density at radius 2 is 2.06 bits per heavy atom. The minimum atomic E-state index is -0.0809. The number of nitrogen functional groups attached to an aromatic ring is 1. The van der Waals surface area contributed by atoms with Crippen molar-refractivity contribution in [1.29, 1.82) is 0 Å². The summed E-state index contributed by atoms with van der Waals surface area (Å²) in [6.07, 6.45) is -0.0809. The summed E-state index contributed by atoms with van der Waals surface area (Å²) in [5, 5.41) is 0.857. The molecule has 2 N–H and O–H groups in total. The molecule has 0 amide bonds. The van der Waals surface area contributed by atoms with Gasteiger partial charge in [-0.3, -0.25) is 0 Å². The molecule has 1 unspecified atom stereocenters. The van der Waals surface area contributed by atoms with E-state index in [1.165, 1.54) is 0 Å². The topological polar surface area (TPSA) is 70.3 Å². The standard InChI is InChI=1S/C13H17N3O2/c1-3-17-8-9(2)18-12-10-6-4-5-7-11(10)15-13(14)16-12/h4-7,9H,3,8H2,1-2H3,(H2,14,15,16). The highest BCUT2D eigenvalue weighted by molar-refractivity contribution is 5.84. The molecule has 1 heterocycles. The summed E-state index contributed by atoms with van der Waals surface area (Å²) < 4.78 is 11.1. The summed E-state index contributed by atoms with van der Waals surface area (Å²) in [6, 6.07) is 7.62. The van der Waals surface area contributed by atoms with Crippen LogP contribution in [0.3, 0.4) is 0 Å². The van der Waals surface area contributed by atoms with Crippen molar-refractivity contribution in [3.05, 3.63) is 24.3 Å². The van der Waals surface area contributed by atoms with Crippen molar-refractivity contribution < 1.29 is 9.47 Å². The van der Waals surface area contributed by atoms with Gasteiger partial charge in [-0.05, 0) is 26.0 Å². The van der Waals surface area contributed by atoms with Crippen LogP contribution in [-0.2, 0) is 4.74 Å². The first-order chi connectivity index (χ1) is 8.70. The average molecular weight is 247 g/mol. The van der Waals surface area contributed by atoms with E-state index in [4.69, 9.17) is 15.2 Å². The molecule has 0 radical (unpaired) electrons. The first kappa shape index (κ1) is 12.6. The molecule has 0 aliphatic rings. The van der Waals surface area contributed by atoms with Gasteiger partial charge in [0.15, 0.2) is 0 Å². The molecule has 96 valence electrons. The van der Waals surface area contributed by atoms with Gasteiger partial charge in [0.1, 0.15) is 6.10 Å². The molecule has 0 aliphatic carbocycles. The lowest BCUT2D eigenvalue weighted by atomic mass is 10.2. The molecule has 0 fully saturated rings. The maximum absolute atomic E-state index is 5.75. The molecule has 2 rings (SSSR count). The van der Waals surface area contributed by atoms with Crippen LogP contribution in [-0.4, -0.2) is 29.3 Å². The van der Waals surface area contributed by atoms with Crippen LogP contribution in [0.5, 0.6) is 5.88 Å². The summed E-state index contributed by atoms with van der Waals surface area (Å²) in [5.74, 6) is 0.720. The number of para-hydroxylation sites is 1. The Bertz CT molecular complexity index is 531. The van der Waals surface area contributed by atoms with Gasteiger partial charge in [-0.25, -0.2) is 4.98 Å². The fraction of sp³-hybridized carbons (Fsp3) is 0.385. The Morgan fingerprint density at radius 3 is 2.83 bits per heavy atom. The predicted octanol–water partition coefficient (Wildman–Crippen LogP) is 2.02. The fourth-order valence-electron chi connectivity index (χ4n) is 1.66. The van der Waals surface area contributed by atoms with E-state index < -0.39 is 0 Å². The van der Waals surface area contributed by atoms with Crippen LogP contribution in [0.25, 0.3) is 10.9 Å². The van der Waals surface area contributed by atoms with Crippen LogP contribution >= 0.6 is 0 Å². The molecule has 0 saturated carbocycles. The molecular weight excluding hydrogens is 230 g/mol. The van der Waals surface area contributed by atoms with E-state index in [0.717, 1.165) is 10.9 Å². The Labute approximate surface area is 106 Å². The van der Waals surface area contributed by atoms with Crippen molar-refractivity contribution in [3.63, 3.8) is 0 Å². The molecule has 0 aliphatic heterocycles. The second-order valence-corrected chi connectivity index (χ2v) is 3.99. The van der Waals surface area contributed by atoms with Gasteiger partial charge in [-0.15, -0.1) is 0 Å². The predicted molar refractivity (Wildman–Crippen MR) is 70.5 cm³/mol. The van der Waals surface area contributed by atoms with Gasteiger partial charge < -0.3 is 15.2 Å². The Morgan fingerprint density at radius 1 is 1.28 bits per heavy atom. The number of nitrogens with two attached hydrogens (primary N) is 1. The van der Waals surface area contributed by atoms with E-state index in [1.54, 1.807) is 0 Å². The summed E-state index contributed by atoms with van der Waals surface area (Å²) in [6.45, 7) is 5.07. The first-order valence-electron chi connectivity index (χ1n) is 5.97. The maximum atomic E-state index is 5.75. The molecule has 2 aromatic rings. The third-order valence-electron chi connectivity index (χ3n) is 2.46. The van der Waals surface area contributed by atoms with Crippen molar-refractivity contribution in [2.24, 2.45) is 0 Å². The Hall–Kier alpha value is -1.88. The zero-order valence-corrected chi connectivity index (χ0v) is 10.6. The Balaban J connectivity index is 2.26. The first-order valence-corrected chi connectivity index (χ1v) is 5.97. The zero-order chi connectivity index (χ0) is 13.0. The van der Waals surface area contributed by atoms with E-state index in [1.807, 2.05) is 38.1 Å². The molecule has 18 heavy (non-hydrogen) atoms. The van der Waals surface area contributed by atoms with Crippen LogP contribution in [0.1, 0.15) is 13.8 Å². The van der Waals surface area contributed by atoms with E-state index in [9.17, 15) is 0 Å². The lowest BCUT2D eigenvalue weighted by Crippen LogP contribution is -2.20. The monoisotopic (exact) mass is 247 g/mol. The largest absolute Gasteiger partial charge is 0.472 e. The third kappa shape index (κ3) is 2.87. The summed E-state index contributed by atoms with van der Waals surface area (Å²) in [5.41, 5.74) is 6.45. The lowest BCUT2D eigenvalue weighted by Gasteiger charge is -2.15. The molecule has 5 nitrogen and oxygen atoms in total. The van der Waals surface area contributed by atoms with Gasteiger partial charge in [0.05, 0.1) is 17.5 Å². The zero-order valence-electron chi connectivity index (χ0n) is 10.6. The van der Waals surface area contributed by atoms with Crippen molar-refractivity contribution in [2.75, 3.05) is 18.9 Å². The fourth-order valence-corrected chi connectivity index (χ4v) is 1.66. The van der Waals surface area contributed by atoms with Crippen molar-refractivity contribution in [1.82, 2.24) is 9.97 Å². The number of hydrogen-bond acceptors (Lipinski definition) is 5. The molecular formula is C13H17N3O2. The second kappa shape index (κ2) is 5.64. The molecule has 0 bridgehead atoms. The van der Waals surface area contributed by atoms with Gasteiger partial charge in [-0.2, -0.15) is 4.98 Å². The van der Waals surface area contributed by atoms with E-state index in [0.29, 0.717) is 19.1 Å². The highest BCUT2D eigenvalue weighted by atomic mass is 16.5. The van der Waals surface area contributed by atoms with E-state index in [2.05, 4.69) is 9.97 Å². The highest BCUT2D eigenvalue weighted by Gasteiger charge is 2.10. The van der Waals surface area contributed by atoms with Crippen LogP contribution in [0.2, 0.25) is 0 Å². The summed E-state index contributed by atoms with van der Waals surface area (Å²) in [4.78, 5) is 8.30. The number of ether oxygens (including phenoxy) is 2. The molecule has 5 heteroatoms. The minimum Gasteiger partial charge on any atom is -0.472 e. The quantitative estimate of drug-likeness (QED) is 0.875. The summed E-state index contributed by atoms with van der Waals surface area (Å²) >= 11 is 0. The SMILES string of the molecule is CCOCC(C)Oc1nc(N)nc2ccccc12. The third-order valence-corrected chi connectivity index (χ3v) is 2.46. The van der Waals surface area contributed by atoms with Gasteiger partial charge in [-0.1, -0.05) is 12.1 Å². The number of benzene rings is 1. The van der Waals surface area contributed by atoms with Crippen molar-refractivity contribution in [2.45, 2.75) is 20.0 Å². The number of fused-ring (bicyclic) bond motifs is 1. The highest BCUT2D eigenvalue weighted by Crippen LogP contribution is 2.23. The van der Waals surface area contributed by atoms with Gasteiger partial charge >= 0.3 is 0 Å². The van der Waals surface area contributed by atoms with Crippen LogP contribution in [0.15, 0.2) is 24.3 Å².